The molecule has 0 fully saturated rings. The first kappa shape index (κ1) is 14.7. The average molecular weight is 271 g/mol. The predicted octanol–water partition coefficient (Wildman–Crippen LogP) is 0.635. The smallest absolute Gasteiger partial charge is 0.345 e. The Morgan fingerprint density at radius 1 is 0.571 bits per heavy atom. The van der Waals surface area contributed by atoms with Crippen LogP contribution in [0.25, 0.3) is 0 Å². The minimum absolute atomic E-state index is 0.980. The van der Waals surface area contributed by atoms with Gasteiger partial charge in [-0.05, 0) is 39.3 Å². The van der Waals surface area contributed by atoms with Crippen LogP contribution in [0.5, 0.6) is 0 Å². The van der Waals surface area contributed by atoms with E-state index < -0.39 is 36.6 Å². The molecule has 0 rings (SSSR count). The Bertz CT molecular complexity index is 130. The van der Waals surface area contributed by atoms with Crippen LogP contribution < -0.4 is 0 Å². The highest BCUT2D eigenvalue weighted by Crippen LogP contribution is 1.98. The molecule has 4 nitrogen and oxygen atoms in total. The third kappa shape index (κ3) is 9.27. The maximum atomic E-state index is 5.61. The van der Waals surface area contributed by atoms with Gasteiger partial charge in [-0.2, -0.15) is 0 Å². The van der Waals surface area contributed by atoms with Crippen molar-refractivity contribution in [3.05, 3.63) is 0 Å². The molecule has 0 heterocycles. The first-order valence-electron chi connectivity index (χ1n) is 5.04. The molecule has 0 amide bonds. The molecule has 0 N–H and O–H groups in total. The molecule has 0 radical (unpaired) electrons. The van der Waals surface area contributed by atoms with Crippen LogP contribution in [0.4, 0.5) is 0 Å². The zero-order valence-electron chi connectivity index (χ0n) is 9.94. The minimum Gasteiger partial charge on any atom is -0.440 e. The Balaban J connectivity index is 3.50. The molecule has 0 aliphatic carbocycles. The lowest BCUT2D eigenvalue weighted by Crippen LogP contribution is -2.31. The third-order valence-electron chi connectivity index (χ3n) is 1.25. The van der Waals surface area contributed by atoms with Gasteiger partial charge in [0.2, 0.25) is 0 Å². The number of rotatable bonds is 7. The van der Waals surface area contributed by atoms with Crippen LogP contribution in [-0.2, 0) is 17.4 Å². The van der Waals surface area contributed by atoms with Crippen molar-refractivity contribution in [1.82, 2.24) is 0 Å². The molecule has 0 bridgehead atoms. The van der Waals surface area contributed by atoms with Gasteiger partial charge in [0, 0.05) is 0 Å². The van der Waals surface area contributed by atoms with E-state index in [0.717, 1.165) is 0 Å². The van der Waals surface area contributed by atoms with E-state index in [1.807, 2.05) is 13.1 Å². The van der Waals surface area contributed by atoms with Gasteiger partial charge < -0.3 is 8.23 Å². The maximum Gasteiger partial charge on any atom is 0.345 e. The summed E-state index contributed by atoms with van der Waals surface area (Å²) in [6.07, 6.45) is 0. The maximum absolute atomic E-state index is 5.61. The Kier molecular flexibility index (Phi) is 8.33. The molecule has 0 aromatic carbocycles. The molecule has 8 heteroatoms. The van der Waals surface area contributed by atoms with Crippen molar-refractivity contribution in [3.8, 4) is 0 Å². The summed E-state index contributed by atoms with van der Waals surface area (Å²) in [5.41, 5.74) is 0. The molecule has 2 unspecified atom stereocenters. The summed E-state index contributed by atoms with van der Waals surface area (Å²) in [6, 6.07) is 0. The average Bonchev–Trinajstić information content (AvgIpc) is 1.98. The van der Waals surface area contributed by atoms with Crippen molar-refractivity contribution >= 4 is 36.6 Å². The summed E-state index contributed by atoms with van der Waals surface area (Å²) in [5, 5.41) is 0. The molecule has 0 spiro atoms. The van der Waals surface area contributed by atoms with E-state index in [-0.39, 0.29) is 0 Å². The molecule has 0 saturated carbocycles. The molecular formula is C6H22O4Si4. The van der Waals surface area contributed by atoms with Crippen LogP contribution in [0.15, 0.2) is 0 Å². The second-order valence-electron chi connectivity index (χ2n) is 3.70. The SMILES string of the molecule is C[SiH](C)O[SiH](C)OO[SiH](C)O[SiH](C)C. The lowest BCUT2D eigenvalue weighted by Gasteiger charge is -2.18. The van der Waals surface area contributed by atoms with Crippen molar-refractivity contribution in [2.45, 2.75) is 39.3 Å². The number of hydrogen-bond acceptors (Lipinski definition) is 4. The summed E-state index contributed by atoms with van der Waals surface area (Å²) in [4.78, 5) is 0. The molecule has 2 atom stereocenters. The van der Waals surface area contributed by atoms with Gasteiger partial charge in [-0.3, -0.25) is 9.15 Å². The normalized spacial score (nSPS) is 16.3. The topological polar surface area (TPSA) is 36.9 Å². The highest BCUT2D eigenvalue weighted by Gasteiger charge is 2.14. The molecular weight excluding hydrogens is 248 g/mol. The van der Waals surface area contributed by atoms with Gasteiger partial charge in [0.05, 0.1) is 0 Å². The van der Waals surface area contributed by atoms with Gasteiger partial charge >= 0.3 is 18.6 Å². The van der Waals surface area contributed by atoms with Crippen LogP contribution in [0.2, 0.25) is 39.3 Å². The largest absolute Gasteiger partial charge is 0.440 e. The summed E-state index contributed by atoms with van der Waals surface area (Å²) >= 11 is 0. The predicted molar refractivity (Wildman–Crippen MR) is 68.1 cm³/mol. The van der Waals surface area contributed by atoms with E-state index in [2.05, 4.69) is 26.2 Å². The first-order valence-corrected chi connectivity index (χ1v) is 14.8. The van der Waals surface area contributed by atoms with Crippen molar-refractivity contribution in [2.75, 3.05) is 0 Å². The summed E-state index contributed by atoms with van der Waals surface area (Å²) in [7, 11) is -5.06. The van der Waals surface area contributed by atoms with Gasteiger partial charge in [0.1, 0.15) is 0 Å². The van der Waals surface area contributed by atoms with Gasteiger partial charge in [-0.25, -0.2) is 0 Å². The van der Waals surface area contributed by atoms with E-state index in [1.54, 1.807) is 0 Å². The quantitative estimate of drug-likeness (QED) is 0.386. The van der Waals surface area contributed by atoms with Crippen LogP contribution in [-0.4, -0.2) is 36.6 Å². The van der Waals surface area contributed by atoms with Crippen molar-refractivity contribution in [3.63, 3.8) is 0 Å². The molecule has 86 valence electrons. The van der Waals surface area contributed by atoms with Gasteiger partial charge in [0.15, 0.2) is 18.1 Å². The van der Waals surface area contributed by atoms with E-state index >= 15 is 0 Å². The van der Waals surface area contributed by atoms with E-state index in [4.69, 9.17) is 17.4 Å². The first-order chi connectivity index (χ1) is 6.41. The van der Waals surface area contributed by atoms with Crippen LogP contribution >= 0.6 is 0 Å². The summed E-state index contributed by atoms with van der Waals surface area (Å²) in [6.45, 7) is 12.5. The van der Waals surface area contributed by atoms with Crippen molar-refractivity contribution < 1.29 is 17.4 Å². The highest BCUT2D eigenvalue weighted by molar-refractivity contribution is 6.62. The molecule has 14 heavy (non-hydrogen) atoms. The lowest BCUT2D eigenvalue weighted by atomic mass is 11.9. The van der Waals surface area contributed by atoms with Crippen LogP contribution in [0.3, 0.4) is 0 Å². The molecule has 0 aromatic rings. The standard InChI is InChI=1S/C6H22O4Si4/c1-11(2)9-13(5)7-8-14(6)10-12(3)4/h11-14H,1-6H3. The minimum atomic E-state index is -1.55. The summed E-state index contributed by atoms with van der Waals surface area (Å²) < 4.78 is 21.7. The molecule has 0 aliphatic rings. The summed E-state index contributed by atoms with van der Waals surface area (Å²) in [5.74, 6) is 0. The van der Waals surface area contributed by atoms with E-state index in [9.17, 15) is 0 Å². The van der Waals surface area contributed by atoms with E-state index in [0.29, 0.717) is 0 Å². The number of hydrogen-bond donors (Lipinski definition) is 0. The van der Waals surface area contributed by atoms with Crippen LogP contribution in [0, 0.1) is 0 Å². The Hall–Kier alpha value is 0.708. The molecule has 0 aromatic heterocycles. The van der Waals surface area contributed by atoms with Crippen molar-refractivity contribution in [1.29, 1.82) is 0 Å². The van der Waals surface area contributed by atoms with Gasteiger partial charge in [-0.1, -0.05) is 0 Å². The molecule has 0 saturated heterocycles. The lowest BCUT2D eigenvalue weighted by molar-refractivity contribution is -0.134. The monoisotopic (exact) mass is 270 g/mol. The van der Waals surface area contributed by atoms with Crippen LogP contribution in [0.1, 0.15) is 0 Å². The molecule has 0 aliphatic heterocycles. The van der Waals surface area contributed by atoms with Gasteiger partial charge in [-0.15, -0.1) is 0 Å². The second kappa shape index (κ2) is 7.93. The fraction of sp³-hybridized carbons (Fsp3) is 1.00. The Morgan fingerprint density at radius 2 is 0.857 bits per heavy atom. The second-order valence-corrected chi connectivity index (χ2v) is 12.7. The Labute approximate surface area is 93.6 Å². The fourth-order valence-corrected chi connectivity index (χ4v) is 8.72. The fourth-order valence-electron chi connectivity index (χ4n) is 0.968. The van der Waals surface area contributed by atoms with Crippen molar-refractivity contribution in [2.24, 2.45) is 0 Å². The Morgan fingerprint density at radius 3 is 1.07 bits per heavy atom. The third-order valence-corrected chi connectivity index (χ3v) is 9.66. The van der Waals surface area contributed by atoms with E-state index in [1.165, 1.54) is 0 Å². The zero-order chi connectivity index (χ0) is 11.1. The highest BCUT2D eigenvalue weighted by atomic mass is 28.4. The zero-order valence-corrected chi connectivity index (χ0v) is 14.6. The van der Waals surface area contributed by atoms with Gasteiger partial charge in [0.25, 0.3) is 0 Å².